The molecule has 7 heteroatoms. The molecule has 0 aliphatic heterocycles. The van der Waals surface area contributed by atoms with Crippen LogP contribution in [0.25, 0.3) is 0 Å². The molecule has 3 nitrogen and oxygen atoms in total. The average molecular weight is 402 g/mol. The van der Waals surface area contributed by atoms with Gasteiger partial charge in [0.25, 0.3) is 0 Å². The SMILES string of the molecule is C=CCN(CC(=O)Nc1c(Cl)cc(Cl)cc1Cl)Cc1ccccc1F. The molecule has 0 heterocycles. The summed E-state index contributed by atoms with van der Waals surface area (Å²) in [7, 11) is 0. The van der Waals surface area contributed by atoms with Gasteiger partial charge in [0, 0.05) is 23.7 Å². The standard InChI is InChI=1S/C18H16Cl3FN2O/c1-2-7-24(10-12-5-3-4-6-16(12)22)11-17(25)23-18-14(20)8-13(19)9-15(18)21/h2-6,8-9H,1,7,10-11H2,(H,23,25). The van der Waals surface area contributed by atoms with Gasteiger partial charge in [-0.15, -0.1) is 6.58 Å². The largest absolute Gasteiger partial charge is 0.322 e. The van der Waals surface area contributed by atoms with Gasteiger partial charge in [-0.2, -0.15) is 0 Å². The number of hydrogen-bond donors (Lipinski definition) is 1. The number of anilines is 1. The number of nitrogens with zero attached hydrogens (tertiary/aromatic N) is 1. The molecule has 0 fully saturated rings. The van der Waals surface area contributed by atoms with E-state index < -0.39 is 0 Å². The third-order valence-electron chi connectivity index (χ3n) is 3.38. The van der Waals surface area contributed by atoms with Crippen molar-refractivity contribution in [3.63, 3.8) is 0 Å². The van der Waals surface area contributed by atoms with Crippen LogP contribution in [0.1, 0.15) is 5.56 Å². The van der Waals surface area contributed by atoms with E-state index in [-0.39, 0.29) is 34.9 Å². The molecule has 1 N–H and O–H groups in total. The zero-order valence-electron chi connectivity index (χ0n) is 13.2. The second kappa shape index (κ2) is 9.20. The molecule has 132 valence electrons. The third kappa shape index (κ3) is 5.72. The minimum Gasteiger partial charge on any atom is -0.322 e. The number of carbonyl (C=O) groups is 1. The van der Waals surface area contributed by atoms with Gasteiger partial charge in [0.05, 0.1) is 22.3 Å². The van der Waals surface area contributed by atoms with Crippen LogP contribution in [0.15, 0.2) is 49.1 Å². The maximum Gasteiger partial charge on any atom is 0.238 e. The Morgan fingerprint density at radius 3 is 2.44 bits per heavy atom. The highest BCUT2D eigenvalue weighted by molar-refractivity contribution is 6.42. The summed E-state index contributed by atoms with van der Waals surface area (Å²) in [6.07, 6.45) is 1.65. The van der Waals surface area contributed by atoms with Crippen molar-refractivity contribution < 1.29 is 9.18 Å². The number of rotatable bonds is 7. The maximum absolute atomic E-state index is 13.8. The Labute approximate surface area is 161 Å². The number of halogens is 4. The molecule has 25 heavy (non-hydrogen) atoms. The van der Waals surface area contributed by atoms with Crippen molar-refractivity contribution in [2.45, 2.75) is 6.54 Å². The Hall–Kier alpha value is -1.59. The van der Waals surface area contributed by atoms with Gasteiger partial charge in [-0.05, 0) is 18.2 Å². The number of amides is 1. The highest BCUT2D eigenvalue weighted by Gasteiger charge is 2.15. The highest BCUT2D eigenvalue weighted by Crippen LogP contribution is 2.33. The molecule has 0 aromatic heterocycles. The topological polar surface area (TPSA) is 32.3 Å². The quantitative estimate of drug-likeness (QED) is 0.629. The summed E-state index contributed by atoms with van der Waals surface area (Å²) < 4.78 is 13.8. The molecule has 1 amide bonds. The van der Waals surface area contributed by atoms with Crippen molar-refractivity contribution in [2.75, 3.05) is 18.4 Å². The minimum absolute atomic E-state index is 0.0235. The van der Waals surface area contributed by atoms with E-state index in [9.17, 15) is 9.18 Å². The Balaban J connectivity index is 2.08. The lowest BCUT2D eigenvalue weighted by Crippen LogP contribution is -2.33. The predicted octanol–water partition coefficient (Wildman–Crippen LogP) is 5.41. The fourth-order valence-electron chi connectivity index (χ4n) is 2.28. The molecule has 0 aliphatic rings. The van der Waals surface area contributed by atoms with E-state index in [0.717, 1.165) is 0 Å². The zero-order valence-corrected chi connectivity index (χ0v) is 15.5. The van der Waals surface area contributed by atoms with Crippen LogP contribution in [0, 0.1) is 5.82 Å². The van der Waals surface area contributed by atoms with E-state index in [4.69, 9.17) is 34.8 Å². The van der Waals surface area contributed by atoms with Gasteiger partial charge in [-0.25, -0.2) is 4.39 Å². The molecular formula is C18H16Cl3FN2O. The summed E-state index contributed by atoms with van der Waals surface area (Å²) in [5.74, 6) is -0.648. The van der Waals surface area contributed by atoms with E-state index in [1.807, 2.05) is 0 Å². The second-order valence-corrected chi connectivity index (χ2v) is 6.59. The molecule has 0 aliphatic carbocycles. The van der Waals surface area contributed by atoms with Gasteiger partial charge in [-0.1, -0.05) is 59.1 Å². The lowest BCUT2D eigenvalue weighted by Gasteiger charge is -2.21. The van der Waals surface area contributed by atoms with E-state index in [1.54, 1.807) is 29.2 Å². The fraction of sp³-hybridized carbons (Fsp3) is 0.167. The van der Waals surface area contributed by atoms with Gasteiger partial charge in [0.15, 0.2) is 0 Å². The second-order valence-electron chi connectivity index (χ2n) is 5.34. The van der Waals surface area contributed by atoms with Gasteiger partial charge >= 0.3 is 0 Å². The van der Waals surface area contributed by atoms with Crippen LogP contribution in [-0.4, -0.2) is 23.9 Å². The number of nitrogens with one attached hydrogen (secondary N) is 1. The Kier molecular flexibility index (Phi) is 7.26. The van der Waals surface area contributed by atoms with Crippen molar-refractivity contribution in [3.05, 3.63) is 75.5 Å². The first-order chi connectivity index (χ1) is 11.9. The van der Waals surface area contributed by atoms with Gasteiger partial charge < -0.3 is 5.32 Å². The molecule has 2 rings (SSSR count). The first-order valence-corrected chi connectivity index (χ1v) is 8.55. The maximum atomic E-state index is 13.8. The molecular weight excluding hydrogens is 386 g/mol. The first-order valence-electron chi connectivity index (χ1n) is 7.41. The number of carbonyl (C=O) groups excluding carboxylic acids is 1. The molecule has 0 unspecified atom stereocenters. The van der Waals surface area contributed by atoms with Crippen LogP contribution >= 0.6 is 34.8 Å². The monoisotopic (exact) mass is 400 g/mol. The van der Waals surface area contributed by atoms with E-state index in [1.165, 1.54) is 18.2 Å². The summed E-state index contributed by atoms with van der Waals surface area (Å²) in [5.41, 5.74) is 0.793. The minimum atomic E-state index is -0.329. The van der Waals surface area contributed by atoms with Crippen molar-refractivity contribution in [2.24, 2.45) is 0 Å². The summed E-state index contributed by atoms with van der Waals surface area (Å²) in [6, 6.07) is 9.41. The predicted molar refractivity (Wildman–Crippen MR) is 102 cm³/mol. The lowest BCUT2D eigenvalue weighted by molar-refractivity contribution is -0.117. The van der Waals surface area contributed by atoms with Crippen molar-refractivity contribution in [1.82, 2.24) is 4.90 Å². The van der Waals surface area contributed by atoms with Crippen LogP contribution in [0.4, 0.5) is 10.1 Å². The first kappa shape index (κ1) is 19.7. The molecule has 0 spiro atoms. The van der Waals surface area contributed by atoms with Crippen molar-refractivity contribution >= 4 is 46.4 Å². The third-order valence-corrected chi connectivity index (χ3v) is 4.19. The van der Waals surface area contributed by atoms with Crippen LogP contribution in [-0.2, 0) is 11.3 Å². The van der Waals surface area contributed by atoms with Crippen LogP contribution in [0.2, 0.25) is 15.1 Å². The van der Waals surface area contributed by atoms with Gasteiger partial charge in [-0.3, -0.25) is 9.69 Å². The summed E-state index contributed by atoms with van der Waals surface area (Å²) in [4.78, 5) is 14.1. The van der Waals surface area contributed by atoms with E-state index in [0.29, 0.717) is 22.8 Å². The molecule has 0 radical (unpaired) electrons. The Morgan fingerprint density at radius 1 is 1.20 bits per heavy atom. The lowest BCUT2D eigenvalue weighted by atomic mass is 10.2. The summed E-state index contributed by atoms with van der Waals surface area (Å²) in [5, 5.41) is 3.53. The Morgan fingerprint density at radius 2 is 1.84 bits per heavy atom. The summed E-state index contributed by atoms with van der Waals surface area (Å²) >= 11 is 18.0. The van der Waals surface area contributed by atoms with E-state index in [2.05, 4.69) is 11.9 Å². The highest BCUT2D eigenvalue weighted by atomic mass is 35.5. The van der Waals surface area contributed by atoms with Gasteiger partial charge in [0.2, 0.25) is 5.91 Å². The van der Waals surface area contributed by atoms with E-state index >= 15 is 0 Å². The average Bonchev–Trinajstić information content (AvgIpc) is 2.53. The molecule has 0 atom stereocenters. The molecule has 0 saturated heterocycles. The number of benzene rings is 2. The summed E-state index contributed by atoms with van der Waals surface area (Å²) in [6.45, 7) is 4.39. The van der Waals surface area contributed by atoms with Gasteiger partial charge in [0.1, 0.15) is 5.82 Å². The van der Waals surface area contributed by atoms with Crippen molar-refractivity contribution in [3.8, 4) is 0 Å². The smallest absolute Gasteiger partial charge is 0.238 e. The molecule has 0 saturated carbocycles. The van der Waals surface area contributed by atoms with Crippen LogP contribution < -0.4 is 5.32 Å². The van der Waals surface area contributed by atoms with Crippen LogP contribution in [0.5, 0.6) is 0 Å². The van der Waals surface area contributed by atoms with Crippen molar-refractivity contribution in [1.29, 1.82) is 0 Å². The molecule has 2 aromatic rings. The fourth-order valence-corrected chi connectivity index (χ4v) is 3.19. The molecule has 2 aromatic carbocycles. The Bertz CT molecular complexity index is 760. The van der Waals surface area contributed by atoms with Crippen LogP contribution in [0.3, 0.4) is 0 Å². The zero-order chi connectivity index (χ0) is 18.4. The number of hydrogen-bond acceptors (Lipinski definition) is 2. The molecule has 0 bridgehead atoms. The normalized spacial score (nSPS) is 10.8.